The molecule has 2 nitrogen and oxygen atoms in total. The summed E-state index contributed by atoms with van der Waals surface area (Å²) in [6.07, 6.45) is 4.20. The van der Waals surface area contributed by atoms with Gasteiger partial charge in [0.05, 0.1) is 0 Å². The van der Waals surface area contributed by atoms with E-state index in [9.17, 15) is 0 Å². The van der Waals surface area contributed by atoms with Crippen molar-refractivity contribution in [2.24, 2.45) is 0 Å². The van der Waals surface area contributed by atoms with Crippen LogP contribution in [0.3, 0.4) is 0 Å². The van der Waals surface area contributed by atoms with Crippen LogP contribution >= 0.6 is 0 Å². The summed E-state index contributed by atoms with van der Waals surface area (Å²) < 4.78 is 0. The fourth-order valence-electron chi connectivity index (χ4n) is 1.84. The highest BCUT2D eigenvalue weighted by Gasteiger charge is 2.28. The van der Waals surface area contributed by atoms with Crippen molar-refractivity contribution >= 4 is 0 Å². The van der Waals surface area contributed by atoms with Gasteiger partial charge in [-0.15, -0.1) is 0 Å². The summed E-state index contributed by atoms with van der Waals surface area (Å²) in [4.78, 5) is 2.53. The molecule has 1 N–H and O–H groups in total. The Morgan fingerprint density at radius 3 is 2.64 bits per heavy atom. The van der Waals surface area contributed by atoms with Crippen LogP contribution in [0.1, 0.15) is 26.2 Å². The van der Waals surface area contributed by atoms with Gasteiger partial charge in [-0.3, -0.25) is 0 Å². The lowest BCUT2D eigenvalue weighted by Gasteiger charge is -2.13. The van der Waals surface area contributed by atoms with Gasteiger partial charge in [0, 0.05) is 18.6 Å². The standard InChI is InChI=1S/C9H18N2/c1-2-11-6-5-9(7-11)10-8-3-4-8/h8-10H,2-7H2,1H3. The Morgan fingerprint density at radius 1 is 1.27 bits per heavy atom. The fraction of sp³-hybridized carbons (Fsp3) is 1.00. The van der Waals surface area contributed by atoms with Crippen LogP contribution in [0, 0.1) is 0 Å². The molecule has 1 aliphatic carbocycles. The molecule has 1 heterocycles. The number of likely N-dealkylation sites (N-methyl/N-ethyl adjacent to an activating group) is 1. The van der Waals surface area contributed by atoms with Gasteiger partial charge < -0.3 is 10.2 Å². The van der Waals surface area contributed by atoms with Gasteiger partial charge in [0.1, 0.15) is 0 Å². The molecule has 1 unspecified atom stereocenters. The molecule has 0 aromatic heterocycles. The molecule has 1 atom stereocenters. The van der Waals surface area contributed by atoms with Crippen LogP contribution in [0.5, 0.6) is 0 Å². The molecule has 1 aliphatic heterocycles. The Hall–Kier alpha value is -0.0800. The smallest absolute Gasteiger partial charge is 0.0209 e. The van der Waals surface area contributed by atoms with Crippen molar-refractivity contribution in [3.63, 3.8) is 0 Å². The van der Waals surface area contributed by atoms with Gasteiger partial charge in [-0.25, -0.2) is 0 Å². The Kier molecular flexibility index (Phi) is 2.14. The van der Waals surface area contributed by atoms with Crippen LogP contribution in [0.15, 0.2) is 0 Å². The third-order valence-corrected chi connectivity index (χ3v) is 2.77. The number of rotatable bonds is 3. The van der Waals surface area contributed by atoms with E-state index in [0.29, 0.717) is 0 Å². The van der Waals surface area contributed by atoms with Crippen molar-refractivity contribution < 1.29 is 0 Å². The second-order valence-electron chi connectivity index (χ2n) is 3.82. The Bertz CT molecular complexity index is 132. The minimum atomic E-state index is 0.808. The van der Waals surface area contributed by atoms with Crippen molar-refractivity contribution in [3.05, 3.63) is 0 Å². The van der Waals surface area contributed by atoms with Crippen LogP contribution in [0.4, 0.5) is 0 Å². The van der Waals surface area contributed by atoms with E-state index in [1.165, 1.54) is 38.9 Å². The lowest BCUT2D eigenvalue weighted by molar-refractivity contribution is 0.345. The van der Waals surface area contributed by atoms with Gasteiger partial charge in [-0.1, -0.05) is 6.92 Å². The SMILES string of the molecule is CCN1CCC(NC2CC2)C1. The highest BCUT2D eigenvalue weighted by Crippen LogP contribution is 2.21. The number of hydrogen-bond acceptors (Lipinski definition) is 2. The van der Waals surface area contributed by atoms with Crippen LogP contribution in [-0.2, 0) is 0 Å². The summed E-state index contributed by atoms with van der Waals surface area (Å²) in [7, 11) is 0. The molecule has 2 rings (SSSR count). The molecule has 0 amide bonds. The molecule has 1 saturated heterocycles. The van der Waals surface area contributed by atoms with Crippen molar-refractivity contribution in [3.8, 4) is 0 Å². The number of nitrogens with zero attached hydrogens (tertiary/aromatic N) is 1. The Balaban J connectivity index is 1.70. The van der Waals surface area contributed by atoms with Gasteiger partial charge in [0.2, 0.25) is 0 Å². The summed E-state index contributed by atoms with van der Waals surface area (Å²) in [6, 6.07) is 1.69. The number of hydrogen-bond donors (Lipinski definition) is 1. The van der Waals surface area contributed by atoms with E-state index in [-0.39, 0.29) is 0 Å². The average Bonchev–Trinajstić information content (AvgIpc) is 2.68. The van der Waals surface area contributed by atoms with Crippen LogP contribution in [-0.4, -0.2) is 36.6 Å². The second-order valence-corrected chi connectivity index (χ2v) is 3.82. The quantitative estimate of drug-likeness (QED) is 0.648. The lowest BCUT2D eigenvalue weighted by atomic mass is 10.2. The molecular formula is C9H18N2. The molecule has 11 heavy (non-hydrogen) atoms. The van der Waals surface area contributed by atoms with E-state index in [0.717, 1.165) is 12.1 Å². The van der Waals surface area contributed by atoms with Crippen molar-refractivity contribution in [1.82, 2.24) is 10.2 Å². The first kappa shape index (κ1) is 7.56. The molecule has 2 heteroatoms. The highest BCUT2D eigenvalue weighted by atomic mass is 15.2. The van der Waals surface area contributed by atoms with Gasteiger partial charge in [-0.05, 0) is 32.4 Å². The summed E-state index contributed by atoms with van der Waals surface area (Å²) in [5.74, 6) is 0. The highest BCUT2D eigenvalue weighted by molar-refractivity contribution is 4.89. The second kappa shape index (κ2) is 3.11. The molecule has 0 bridgehead atoms. The molecular weight excluding hydrogens is 136 g/mol. The normalized spacial score (nSPS) is 33.0. The predicted molar refractivity (Wildman–Crippen MR) is 46.7 cm³/mol. The maximum absolute atomic E-state index is 3.68. The zero-order valence-corrected chi connectivity index (χ0v) is 7.34. The zero-order valence-electron chi connectivity index (χ0n) is 7.34. The largest absolute Gasteiger partial charge is 0.310 e. The molecule has 0 aromatic rings. The third-order valence-electron chi connectivity index (χ3n) is 2.77. The van der Waals surface area contributed by atoms with E-state index >= 15 is 0 Å². The first-order valence-corrected chi connectivity index (χ1v) is 4.87. The molecule has 0 spiro atoms. The summed E-state index contributed by atoms with van der Waals surface area (Å²) in [6.45, 7) is 6.07. The molecule has 2 fully saturated rings. The van der Waals surface area contributed by atoms with E-state index in [2.05, 4.69) is 17.1 Å². The average molecular weight is 154 g/mol. The van der Waals surface area contributed by atoms with Crippen LogP contribution < -0.4 is 5.32 Å². The van der Waals surface area contributed by atoms with Crippen LogP contribution in [0.2, 0.25) is 0 Å². The molecule has 64 valence electrons. The molecule has 1 saturated carbocycles. The molecule has 0 aromatic carbocycles. The number of likely N-dealkylation sites (tertiary alicyclic amines) is 1. The first-order valence-electron chi connectivity index (χ1n) is 4.87. The van der Waals surface area contributed by atoms with E-state index in [1.54, 1.807) is 0 Å². The fourth-order valence-corrected chi connectivity index (χ4v) is 1.84. The first-order chi connectivity index (χ1) is 5.38. The monoisotopic (exact) mass is 154 g/mol. The Labute approximate surface area is 69.0 Å². The Morgan fingerprint density at radius 2 is 2.09 bits per heavy atom. The third kappa shape index (κ3) is 1.94. The van der Waals surface area contributed by atoms with Gasteiger partial charge in [-0.2, -0.15) is 0 Å². The predicted octanol–water partition coefficient (Wildman–Crippen LogP) is 0.833. The number of nitrogens with one attached hydrogen (secondary N) is 1. The molecule has 2 aliphatic rings. The summed E-state index contributed by atoms with van der Waals surface area (Å²) in [5.41, 5.74) is 0. The van der Waals surface area contributed by atoms with Crippen molar-refractivity contribution in [2.75, 3.05) is 19.6 Å². The summed E-state index contributed by atoms with van der Waals surface area (Å²) >= 11 is 0. The van der Waals surface area contributed by atoms with Gasteiger partial charge in [0.25, 0.3) is 0 Å². The maximum atomic E-state index is 3.68. The molecule has 0 radical (unpaired) electrons. The zero-order chi connectivity index (χ0) is 7.68. The minimum absolute atomic E-state index is 0.808. The summed E-state index contributed by atoms with van der Waals surface area (Å²) in [5, 5.41) is 3.68. The van der Waals surface area contributed by atoms with Gasteiger partial charge >= 0.3 is 0 Å². The van der Waals surface area contributed by atoms with E-state index in [4.69, 9.17) is 0 Å². The van der Waals surface area contributed by atoms with E-state index in [1.807, 2.05) is 0 Å². The van der Waals surface area contributed by atoms with E-state index < -0.39 is 0 Å². The topological polar surface area (TPSA) is 15.3 Å². The van der Waals surface area contributed by atoms with Crippen molar-refractivity contribution in [2.45, 2.75) is 38.3 Å². The van der Waals surface area contributed by atoms with Gasteiger partial charge in [0.15, 0.2) is 0 Å². The van der Waals surface area contributed by atoms with Crippen LogP contribution in [0.25, 0.3) is 0 Å². The lowest BCUT2D eigenvalue weighted by Crippen LogP contribution is -2.33. The minimum Gasteiger partial charge on any atom is -0.310 e. The van der Waals surface area contributed by atoms with Crippen molar-refractivity contribution in [1.29, 1.82) is 0 Å². The maximum Gasteiger partial charge on any atom is 0.0209 e.